The molecule has 5 heteroatoms. The van der Waals surface area contributed by atoms with E-state index >= 15 is 0 Å². The van der Waals surface area contributed by atoms with E-state index in [-0.39, 0.29) is 42.0 Å². The van der Waals surface area contributed by atoms with Gasteiger partial charge in [-0.2, -0.15) is 0 Å². The minimum absolute atomic E-state index is 0.155. The van der Waals surface area contributed by atoms with E-state index in [9.17, 15) is 19.4 Å². The number of alkyl halides is 1. The smallest absolute Gasteiger partial charge is 0.173 e. The van der Waals surface area contributed by atoms with Crippen molar-refractivity contribution in [3.05, 3.63) is 11.6 Å². The van der Waals surface area contributed by atoms with Crippen LogP contribution in [0.3, 0.4) is 0 Å². The molecule has 3 saturated carbocycles. The van der Waals surface area contributed by atoms with Gasteiger partial charge in [0.2, 0.25) is 0 Å². The van der Waals surface area contributed by atoms with Crippen LogP contribution in [0, 0.1) is 39.9 Å². The largest absolute Gasteiger partial charge is 0.396 e. The molecule has 8 atom stereocenters. The average Bonchev–Trinajstić information content (AvgIpc) is 2.80. The summed E-state index contributed by atoms with van der Waals surface area (Å²) in [5.74, 6) is -0.836. The fourth-order valence-electron chi connectivity index (χ4n) is 6.72. The maximum atomic E-state index is 14.3. The van der Waals surface area contributed by atoms with Crippen molar-refractivity contribution in [1.29, 1.82) is 5.41 Å². The third kappa shape index (κ3) is 2.11. The van der Waals surface area contributed by atoms with E-state index in [1.807, 2.05) is 13.0 Å². The monoisotopic (exact) mass is 349 g/mol. The molecule has 4 rings (SSSR count). The number of Topliss-reactive ketones (excluding diaryl/α,β-unsaturated/α-hetero) is 1. The van der Waals surface area contributed by atoms with Crippen LogP contribution in [-0.2, 0) is 4.79 Å². The molecule has 0 radical (unpaired) electrons. The van der Waals surface area contributed by atoms with Crippen LogP contribution in [0.5, 0.6) is 0 Å². The molecule has 0 heterocycles. The highest BCUT2D eigenvalue weighted by Crippen LogP contribution is 2.65. The molecule has 0 aromatic rings. The number of carbonyl (C=O) groups excluding carboxylic acids is 1. The maximum absolute atomic E-state index is 14.3. The lowest BCUT2D eigenvalue weighted by Crippen LogP contribution is -2.59. The third-order valence-corrected chi connectivity index (χ3v) is 8.15. The second-order valence-electron chi connectivity index (χ2n) is 9.14. The maximum Gasteiger partial charge on any atom is 0.173 e. The quantitative estimate of drug-likeness (QED) is 0.681. The summed E-state index contributed by atoms with van der Waals surface area (Å²) < 4.78 is 14.3. The zero-order valence-electron chi connectivity index (χ0n) is 15.0. The molecule has 25 heavy (non-hydrogen) atoms. The molecule has 4 aliphatic carbocycles. The second kappa shape index (κ2) is 5.46. The number of ketones is 1. The number of nitrogens with one attached hydrogen (secondary N) is 1. The summed E-state index contributed by atoms with van der Waals surface area (Å²) in [6.45, 7) is 3.89. The first-order valence-electron chi connectivity index (χ1n) is 9.51. The van der Waals surface area contributed by atoms with Gasteiger partial charge in [0, 0.05) is 17.0 Å². The Morgan fingerprint density at radius 3 is 2.68 bits per heavy atom. The third-order valence-electron chi connectivity index (χ3n) is 8.15. The highest BCUT2D eigenvalue weighted by molar-refractivity contribution is 5.94. The molecule has 4 aliphatic rings. The molecule has 4 unspecified atom stereocenters. The van der Waals surface area contributed by atoms with E-state index < -0.39 is 23.6 Å². The molecule has 0 aromatic carbocycles. The molecule has 138 valence electrons. The number of halogens is 1. The Morgan fingerprint density at radius 2 is 2.00 bits per heavy atom. The summed E-state index contributed by atoms with van der Waals surface area (Å²) in [6.07, 6.45) is 2.87. The van der Waals surface area contributed by atoms with Gasteiger partial charge in [0.15, 0.2) is 12.0 Å². The first-order chi connectivity index (χ1) is 11.7. The highest BCUT2D eigenvalue weighted by Gasteiger charge is 2.65. The number of fused-ring (bicyclic) bond motifs is 5. The molecule has 4 nitrogen and oxygen atoms in total. The number of aliphatic hydroxyl groups excluding tert-OH is 2. The van der Waals surface area contributed by atoms with Gasteiger partial charge < -0.3 is 15.6 Å². The van der Waals surface area contributed by atoms with Crippen molar-refractivity contribution in [2.45, 2.75) is 58.2 Å². The van der Waals surface area contributed by atoms with Gasteiger partial charge in [-0.1, -0.05) is 19.4 Å². The first kappa shape index (κ1) is 17.3. The number of aliphatic hydroxyl groups is 2. The zero-order chi connectivity index (χ0) is 18.1. The van der Waals surface area contributed by atoms with Crippen molar-refractivity contribution in [1.82, 2.24) is 0 Å². The van der Waals surface area contributed by atoms with Crippen molar-refractivity contribution in [2.75, 3.05) is 6.61 Å². The SMILES string of the molecule is C[C@]12CCC(=N)C=C1[C@@H](CO)[C@@H](O)C1C2CC[C@]2(C)C(=O)C(F)CC12. The lowest BCUT2D eigenvalue weighted by molar-refractivity contribution is -0.146. The lowest BCUT2D eigenvalue weighted by Gasteiger charge is -2.60. The molecule has 0 saturated heterocycles. The van der Waals surface area contributed by atoms with Crippen molar-refractivity contribution < 1.29 is 19.4 Å². The summed E-state index contributed by atoms with van der Waals surface area (Å²) in [4.78, 5) is 12.5. The number of hydrogen-bond donors (Lipinski definition) is 3. The van der Waals surface area contributed by atoms with Gasteiger partial charge in [-0.3, -0.25) is 4.79 Å². The molecule has 0 aliphatic heterocycles. The summed E-state index contributed by atoms with van der Waals surface area (Å²) in [5.41, 5.74) is 0.683. The summed E-state index contributed by atoms with van der Waals surface area (Å²) in [7, 11) is 0. The number of carbonyl (C=O) groups is 1. The normalized spacial score (nSPS) is 52.3. The van der Waals surface area contributed by atoms with Crippen molar-refractivity contribution in [3.63, 3.8) is 0 Å². The van der Waals surface area contributed by atoms with E-state index in [1.165, 1.54) is 0 Å². The minimum atomic E-state index is -1.42. The van der Waals surface area contributed by atoms with Gasteiger partial charge in [-0.05, 0) is 61.3 Å². The Labute approximate surface area is 148 Å². The summed E-state index contributed by atoms with van der Waals surface area (Å²) in [6, 6.07) is 0. The van der Waals surface area contributed by atoms with Gasteiger partial charge in [0.25, 0.3) is 0 Å². The van der Waals surface area contributed by atoms with Crippen LogP contribution in [0.4, 0.5) is 4.39 Å². The molecular formula is C20H28FNO3. The van der Waals surface area contributed by atoms with Gasteiger partial charge >= 0.3 is 0 Å². The van der Waals surface area contributed by atoms with Gasteiger partial charge in [-0.25, -0.2) is 4.39 Å². The van der Waals surface area contributed by atoms with E-state index in [4.69, 9.17) is 5.41 Å². The molecule has 0 bridgehead atoms. The predicted octanol–water partition coefficient (Wildman–Crippen LogP) is 2.68. The Hall–Kier alpha value is -1.07. The predicted molar refractivity (Wildman–Crippen MR) is 92.1 cm³/mol. The Morgan fingerprint density at radius 1 is 1.28 bits per heavy atom. The van der Waals surface area contributed by atoms with Crippen molar-refractivity contribution in [3.8, 4) is 0 Å². The van der Waals surface area contributed by atoms with E-state index in [2.05, 4.69) is 6.92 Å². The number of hydrogen-bond acceptors (Lipinski definition) is 4. The zero-order valence-corrected chi connectivity index (χ0v) is 15.0. The van der Waals surface area contributed by atoms with Crippen molar-refractivity contribution >= 4 is 11.5 Å². The minimum Gasteiger partial charge on any atom is -0.396 e. The Bertz CT molecular complexity index is 661. The van der Waals surface area contributed by atoms with E-state index in [0.29, 0.717) is 18.6 Å². The van der Waals surface area contributed by atoms with Crippen LogP contribution in [0.2, 0.25) is 0 Å². The lowest BCUT2D eigenvalue weighted by atomic mass is 9.45. The van der Waals surface area contributed by atoms with Gasteiger partial charge in [0.1, 0.15) is 0 Å². The molecule has 3 fully saturated rings. The van der Waals surface area contributed by atoms with Crippen molar-refractivity contribution in [2.24, 2.45) is 34.5 Å². The van der Waals surface area contributed by atoms with Crippen LogP contribution in [0.25, 0.3) is 0 Å². The molecular weight excluding hydrogens is 321 g/mol. The second-order valence-corrected chi connectivity index (χ2v) is 9.14. The Balaban J connectivity index is 1.81. The topological polar surface area (TPSA) is 81.4 Å². The molecule has 3 N–H and O–H groups in total. The van der Waals surface area contributed by atoms with Gasteiger partial charge in [0.05, 0.1) is 12.7 Å². The van der Waals surface area contributed by atoms with E-state index in [0.717, 1.165) is 18.4 Å². The molecule has 0 spiro atoms. The van der Waals surface area contributed by atoms with Crippen LogP contribution in [-0.4, -0.2) is 40.6 Å². The summed E-state index contributed by atoms with van der Waals surface area (Å²) in [5, 5.41) is 29.1. The van der Waals surface area contributed by atoms with Gasteiger partial charge in [-0.15, -0.1) is 0 Å². The van der Waals surface area contributed by atoms with Crippen LogP contribution >= 0.6 is 0 Å². The Kier molecular flexibility index (Phi) is 3.79. The first-order valence-corrected chi connectivity index (χ1v) is 9.51. The van der Waals surface area contributed by atoms with E-state index in [1.54, 1.807) is 0 Å². The summed E-state index contributed by atoms with van der Waals surface area (Å²) >= 11 is 0. The van der Waals surface area contributed by atoms with Crippen LogP contribution in [0.1, 0.15) is 46.0 Å². The highest BCUT2D eigenvalue weighted by atomic mass is 19.1. The fraction of sp³-hybridized carbons (Fsp3) is 0.800. The van der Waals surface area contributed by atoms with Crippen LogP contribution in [0.15, 0.2) is 11.6 Å². The van der Waals surface area contributed by atoms with Crippen LogP contribution < -0.4 is 0 Å². The number of allylic oxidation sites excluding steroid dienone is 1. The standard InChI is InChI=1S/C20H28FNO3/c1-19-5-3-10(22)7-13(19)11(9-23)17(24)16-12(19)4-6-20(2)14(16)8-15(21)18(20)25/h7,11-12,14-17,22-24H,3-6,8-9H2,1-2H3/t11-,12?,14?,15?,16?,17-,19-,20+/m1/s1. The fourth-order valence-corrected chi connectivity index (χ4v) is 6.72. The number of rotatable bonds is 1. The molecule has 0 aromatic heterocycles. The molecule has 0 amide bonds. The average molecular weight is 349 g/mol.